The Balaban J connectivity index is 2.19. The van der Waals surface area contributed by atoms with Crippen LogP contribution in [0.25, 0.3) is 0 Å². The molecule has 0 radical (unpaired) electrons. The molecule has 1 fully saturated rings. The van der Waals surface area contributed by atoms with Crippen LogP contribution in [0.2, 0.25) is 0 Å². The fourth-order valence-corrected chi connectivity index (χ4v) is 1.03. The zero-order valence-corrected chi connectivity index (χ0v) is 6.30. The molecule has 1 atom stereocenters. The lowest BCUT2D eigenvalue weighted by Crippen LogP contribution is -2.45. The van der Waals surface area contributed by atoms with E-state index in [1.54, 1.807) is 0 Å². The number of ether oxygens (including phenoxy) is 1. The molecule has 1 aliphatic heterocycles. The first-order valence-electron chi connectivity index (χ1n) is 3.63. The largest absolute Gasteiger partial charge is 0.378 e. The number of morpholine rings is 1. The maximum absolute atomic E-state index is 10.7. The summed E-state index contributed by atoms with van der Waals surface area (Å²) in [4.78, 5) is 10.7. The van der Waals surface area contributed by atoms with Gasteiger partial charge in [0.1, 0.15) is 0 Å². The summed E-state index contributed by atoms with van der Waals surface area (Å²) in [6.45, 7) is 2.12. The van der Waals surface area contributed by atoms with Crippen LogP contribution >= 0.6 is 0 Å². The van der Waals surface area contributed by atoms with Crippen molar-refractivity contribution in [1.29, 1.82) is 0 Å². The molecule has 1 heterocycles. The molecule has 0 aromatic heterocycles. The van der Waals surface area contributed by atoms with Crippen molar-refractivity contribution in [1.82, 2.24) is 10.7 Å². The van der Waals surface area contributed by atoms with Crippen molar-refractivity contribution in [2.45, 2.75) is 12.5 Å². The number of hydrogen-bond acceptors (Lipinski definition) is 4. The van der Waals surface area contributed by atoms with Crippen molar-refractivity contribution < 1.29 is 9.53 Å². The molecule has 1 amide bonds. The summed E-state index contributed by atoms with van der Waals surface area (Å²) >= 11 is 0. The number of carbonyl (C=O) groups excluding carboxylic acids is 1. The summed E-state index contributed by atoms with van der Waals surface area (Å²) < 4.78 is 5.14. The SMILES string of the molecule is NNC(=O)CC1COCCN1. The molecular weight excluding hydrogens is 146 g/mol. The van der Waals surface area contributed by atoms with Gasteiger partial charge >= 0.3 is 0 Å². The van der Waals surface area contributed by atoms with Crippen LogP contribution in [0.3, 0.4) is 0 Å². The highest BCUT2D eigenvalue weighted by molar-refractivity contribution is 5.75. The van der Waals surface area contributed by atoms with Gasteiger partial charge in [0.2, 0.25) is 5.91 Å². The molecule has 5 heteroatoms. The number of carbonyl (C=O) groups is 1. The zero-order valence-electron chi connectivity index (χ0n) is 6.30. The highest BCUT2D eigenvalue weighted by Gasteiger charge is 2.15. The fourth-order valence-electron chi connectivity index (χ4n) is 1.03. The van der Waals surface area contributed by atoms with Crippen LogP contribution in [-0.4, -0.2) is 31.7 Å². The van der Waals surface area contributed by atoms with Crippen LogP contribution in [0, 0.1) is 0 Å². The van der Waals surface area contributed by atoms with Crippen molar-refractivity contribution in [3.63, 3.8) is 0 Å². The topological polar surface area (TPSA) is 76.4 Å². The standard InChI is InChI=1S/C6H13N3O2/c7-9-6(10)3-5-4-11-2-1-8-5/h5,8H,1-4,7H2,(H,9,10). The number of hydrogen-bond donors (Lipinski definition) is 3. The van der Waals surface area contributed by atoms with Gasteiger partial charge in [0.05, 0.1) is 13.2 Å². The molecule has 4 N–H and O–H groups in total. The zero-order chi connectivity index (χ0) is 8.10. The van der Waals surface area contributed by atoms with E-state index in [1.807, 2.05) is 0 Å². The molecule has 1 aliphatic rings. The Bertz CT molecular complexity index is 134. The summed E-state index contributed by atoms with van der Waals surface area (Å²) in [5.74, 6) is 4.76. The monoisotopic (exact) mass is 159 g/mol. The van der Waals surface area contributed by atoms with Crippen molar-refractivity contribution >= 4 is 5.91 Å². The average Bonchev–Trinajstić information content (AvgIpc) is 2.06. The van der Waals surface area contributed by atoms with Crippen LogP contribution in [0.5, 0.6) is 0 Å². The van der Waals surface area contributed by atoms with Gasteiger partial charge in [0.25, 0.3) is 0 Å². The maximum atomic E-state index is 10.7. The molecule has 11 heavy (non-hydrogen) atoms. The Morgan fingerprint density at radius 1 is 1.82 bits per heavy atom. The van der Waals surface area contributed by atoms with Gasteiger partial charge in [0.15, 0.2) is 0 Å². The molecule has 1 unspecified atom stereocenters. The molecule has 0 saturated carbocycles. The highest BCUT2D eigenvalue weighted by atomic mass is 16.5. The van der Waals surface area contributed by atoms with Gasteiger partial charge in [-0.1, -0.05) is 0 Å². The molecular formula is C6H13N3O2. The van der Waals surface area contributed by atoms with E-state index in [9.17, 15) is 4.79 Å². The summed E-state index contributed by atoms with van der Waals surface area (Å²) in [6.07, 6.45) is 0.385. The minimum absolute atomic E-state index is 0.118. The highest BCUT2D eigenvalue weighted by Crippen LogP contribution is 1.96. The smallest absolute Gasteiger partial charge is 0.235 e. The van der Waals surface area contributed by atoms with E-state index in [1.165, 1.54) is 0 Å². The van der Waals surface area contributed by atoms with Crippen LogP contribution in [0.1, 0.15) is 6.42 Å². The van der Waals surface area contributed by atoms with E-state index in [-0.39, 0.29) is 11.9 Å². The van der Waals surface area contributed by atoms with Crippen LogP contribution in [0.15, 0.2) is 0 Å². The number of amides is 1. The van der Waals surface area contributed by atoms with Gasteiger partial charge in [-0.3, -0.25) is 10.2 Å². The molecule has 5 nitrogen and oxygen atoms in total. The van der Waals surface area contributed by atoms with E-state index in [0.717, 1.165) is 13.2 Å². The lowest BCUT2D eigenvalue weighted by atomic mass is 10.2. The molecule has 0 bridgehead atoms. The van der Waals surface area contributed by atoms with E-state index < -0.39 is 0 Å². The third kappa shape index (κ3) is 2.83. The van der Waals surface area contributed by atoms with E-state index in [4.69, 9.17) is 10.6 Å². The molecule has 1 rings (SSSR count). The molecule has 0 spiro atoms. The number of rotatable bonds is 2. The Morgan fingerprint density at radius 2 is 2.64 bits per heavy atom. The Morgan fingerprint density at radius 3 is 3.18 bits per heavy atom. The van der Waals surface area contributed by atoms with Crippen LogP contribution in [0.4, 0.5) is 0 Å². The Labute approximate surface area is 65.2 Å². The first kappa shape index (κ1) is 8.45. The van der Waals surface area contributed by atoms with Gasteiger partial charge in [0, 0.05) is 19.0 Å². The van der Waals surface area contributed by atoms with Crippen LogP contribution in [-0.2, 0) is 9.53 Å². The maximum Gasteiger partial charge on any atom is 0.235 e. The lowest BCUT2D eigenvalue weighted by Gasteiger charge is -2.22. The van der Waals surface area contributed by atoms with E-state index >= 15 is 0 Å². The number of nitrogens with one attached hydrogen (secondary N) is 2. The fraction of sp³-hybridized carbons (Fsp3) is 0.833. The summed E-state index contributed by atoms with van der Waals surface area (Å²) in [5.41, 5.74) is 2.08. The molecule has 0 aliphatic carbocycles. The number of nitrogens with two attached hydrogens (primary N) is 1. The second kappa shape index (κ2) is 4.27. The predicted molar refractivity (Wildman–Crippen MR) is 39.6 cm³/mol. The predicted octanol–water partition coefficient (Wildman–Crippen LogP) is -1.65. The first-order valence-corrected chi connectivity index (χ1v) is 3.63. The molecule has 0 aromatic rings. The Hall–Kier alpha value is -0.650. The van der Waals surface area contributed by atoms with Gasteiger partial charge in [-0.05, 0) is 0 Å². The van der Waals surface area contributed by atoms with Gasteiger partial charge in [-0.15, -0.1) is 0 Å². The van der Waals surface area contributed by atoms with Crippen molar-refractivity contribution in [2.24, 2.45) is 5.84 Å². The normalized spacial score (nSPS) is 24.6. The third-order valence-electron chi connectivity index (χ3n) is 1.59. The number of hydrazine groups is 1. The van der Waals surface area contributed by atoms with E-state index in [0.29, 0.717) is 13.0 Å². The first-order chi connectivity index (χ1) is 5.33. The van der Waals surface area contributed by atoms with Crippen molar-refractivity contribution in [3.05, 3.63) is 0 Å². The van der Waals surface area contributed by atoms with Crippen molar-refractivity contribution in [2.75, 3.05) is 19.8 Å². The molecule has 1 saturated heterocycles. The second-order valence-corrected chi connectivity index (χ2v) is 2.50. The molecule has 64 valence electrons. The van der Waals surface area contributed by atoms with Crippen LogP contribution < -0.4 is 16.6 Å². The quantitative estimate of drug-likeness (QED) is 0.256. The summed E-state index contributed by atoms with van der Waals surface area (Å²) in [5, 5.41) is 3.14. The summed E-state index contributed by atoms with van der Waals surface area (Å²) in [7, 11) is 0. The minimum Gasteiger partial charge on any atom is -0.378 e. The van der Waals surface area contributed by atoms with Gasteiger partial charge in [-0.2, -0.15) is 0 Å². The lowest BCUT2D eigenvalue weighted by molar-refractivity contribution is -0.122. The van der Waals surface area contributed by atoms with Crippen molar-refractivity contribution in [3.8, 4) is 0 Å². The summed E-state index contributed by atoms with van der Waals surface area (Å²) in [6, 6.07) is 0.118. The Kier molecular flexibility index (Phi) is 3.28. The third-order valence-corrected chi connectivity index (χ3v) is 1.59. The average molecular weight is 159 g/mol. The van der Waals surface area contributed by atoms with Gasteiger partial charge < -0.3 is 10.1 Å². The minimum atomic E-state index is -0.159. The van der Waals surface area contributed by atoms with E-state index in [2.05, 4.69) is 10.7 Å². The second-order valence-electron chi connectivity index (χ2n) is 2.50. The molecule has 0 aromatic carbocycles. The van der Waals surface area contributed by atoms with Gasteiger partial charge in [-0.25, -0.2) is 5.84 Å².